The van der Waals surface area contributed by atoms with Crippen LogP contribution in [0.15, 0.2) is 0 Å². The van der Waals surface area contributed by atoms with E-state index in [0.29, 0.717) is 19.6 Å². The van der Waals surface area contributed by atoms with Gasteiger partial charge in [-0.15, -0.1) is 0 Å². The molecule has 6 nitrogen and oxygen atoms in total. The molecule has 0 bridgehead atoms. The van der Waals surface area contributed by atoms with Gasteiger partial charge in [0.05, 0.1) is 18.8 Å². The van der Waals surface area contributed by atoms with Crippen LogP contribution in [-0.2, 0) is 14.3 Å². The van der Waals surface area contributed by atoms with Crippen LogP contribution in [0.4, 0.5) is 0 Å². The summed E-state index contributed by atoms with van der Waals surface area (Å²) in [7, 11) is 0. The van der Waals surface area contributed by atoms with Crippen LogP contribution in [-0.4, -0.2) is 42.3 Å². The van der Waals surface area contributed by atoms with Crippen LogP contribution in [0.2, 0.25) is 0 Å². The first-order valence-electron chi connectivity index (χ1n) is 7.63. The maximum atomic E-state index is 12.3. The molecule has 0 heterocycles. The SMILES string of the molecule is CC(C)(CC(N)=O)CC(C)(C)C(=O)NCCOC(C)(C)CO. The number of ether oxygens (including phenoxy) is 1. The molecule has 0 unspecified atom stereocenters. The summed E-state index contributed by atoms with van der Waals surface area (Å²) in [5, 5.41) is 11.9. The van der Waals surface area contributed by atoms with Crippen LogP contribution in [0.5, 0.6) is 0 Å². The van der Waals surface area contributed by atoms with Gasteiger partial charge in [0, 0.05) is 18.4 Å². The highest BCUT2D eigenvalue weighted by atomic mass is 16.5. The number of hydrogen-bond acceptors (Lipinski definition) is 4. The average molecular weight is 316 g/mol. The molecule has 0 fully saturated rings. The topological polar surface area (TPSA) is 102 Å². The molecule has 0 aromatic carbocycles. The molecule has 0 radical (unpaired) electrons. The van der Waals surface area contributed by atoms with Gasteiger partial charge >= 0.3 is 0 Å². The van der Waals surface area contributed by atoms with Gasteiger partial charge < -0.3 is 20.9 Å². The van der Waals surface area contributed by atoms with E-state index in [9.17, 15) is 9.59 Å². The Morgan fingerprint density at radius 2 is 1.68 bits per heavy atom. The highest BCUT2D eigenvalue weighted by molar-refractivity contribution is 5.82. The van der Waals surface area contributed by atoms with Crippen LogP contribution in [0.3, 0.4) is 0 Å². The minimum Gasteiger partial charge on any atom is -0.393 e. The third-order valence-electron chi connectivity index (χ3n) is 3.45. The molecule has 4 N–H and O–H groups in total. The van der Waals surface area contributed by atoms with E-state index in [1.54, 1.807) is 13.8 Å². The number of aliphatic hydroxyl groups excluding tert-OH is 1. The number of nitrogens with one attached hydrogen (secondary N) is 1. The van der Waals surface area contributed by atoms with Gasteiger partial charge in [0.2, 0.25) is 11.8 Å². The van der Waals surface area contributed by atoms with E-state index in [4.69, 9.17) is 15.6 Å². The fourth-order valence-corrected chi connectivity index (χ4v) is 2.59. The summed E-state index contributed by atoms with van der Waals surface area (Å²) in [5.41, 5.74) is 3.70. The van der Waals surface area contributed by atoms with Gasteiger partial charge in [0.15, 0.2) is 0 Å². The highest BCUT2D eigenvalue weighted by Gasteiger charge is 2.35. The molecular formula is C16H32N2O4. The van der Waals surface area contributed by atoms with Crippen molar-refractivity contribution < 1.29 is 19.4 Å². The van der Waals surface area contributed by atoms with Gasteiger partial charge in [-0.25, -0.2) is 0 Å². The number of carbonyl (C=O) groups excluding carboxylic acids is 2. The van der Waals surface area contributed by atoms with E-state index >= 15 is 0 Å². The Hall–Kier alpha value is -1.14. The van der Waals surface area contributed by atoms with Gasteiger partial charge in [0.25, 0.3) is 0 Å². The van der Waals surface area contributed by atoms with E-state index in [2.05, 4.69) is 5.32 Å². The summed E-state index contributed by atoms with van der Waals surface area (Å²) >= 11 is 0. The molecule has 0 aromatic heterocycles. The highest BCUT2D eigenvalue weighted by Crippen LogP contribution is 2.36. The molecule has 0 rings (SSSR count). The fraction of sp³-hybridized carbons (Fsp3) is 0.875. The van der Waals surface area contributed by atoms with E-state index in [0.717, 1.165) is 0 Å². The van der Waals surface area contributed by atoms with Crippen molar-refractivity contribution in [2.75, 3.05) is 19.8 Å². The number of rotatable bonds is 10. The first kappa shape index (κ1) is 20.9. The second-order valence-electron chi connectivity index (χ2n) is 7.89. The van der Waals surface area contributed by atoms with Gasteiger partial charge in [-0.05, 0) is 25.7 Å². The second-order valence-corrected chi connectivity index (χ2v) is 7.89. The maximum absolute atomic E-state index is 12.3. The number of aliphatic hydroxyl groups is 1. The van der Waals surface area contributed by atoms with Gasteiger partial charge in [-0.1, -0.05) is 27.7 Å². The number of primary amides is 1. The van der Waals surface area contributed by atoms with Crippen LogP contribution in [0, 0.1) is 10.8 Å². The zero-order valence-electron chi connectivity index (χ0n) is 14.8. The first-order valence-corrected chi connectivity index (χ1v) is 7.63. The molecule has 6 heteroatoms. The molecule has 0 aromatic rings. The Morgan fingerprint density at radius 3 is 2.14 bits per heavy atom. The standard InChI is InChI=1S/C16H32N2O4/c1-14(2,9-12(17)20)10-15(3,4)13(21)18-7-8-22-16(5,6)11-19/h19H,7-11H2,1-6H3,(H2,17,20)(H,18,21). The van der Waals surface area contributed by atoms with E-state index in [-0.39, 0.29) is 30.3 Å². The normalized spacial score (nSPS) is 13.0. The summed E-state index contributed by atoms with van der Waals surface area (Å²) in [5.74, 6) is -0.448. The molecular weight excluding hydrogens is 284 g/mol. The molecule has 0 saturated heterocycles. The van der Waals surface area contributed by atoms with Crippen molar-refractivity contribution in [3.63, 3.8) is 0 Å². The maximum Gasteiger partial charge on any atom is 0.225 e. The van der Waals surface area contributed by atoms with E-state index in [1.807, 2.05) is 27.7 Å². The lowest BCUT2D eigenvalue weighted by atomic mass is 9.73. The molecule has 0 atom stereocenters. The van der Waals surface area contributed by atoms with Gasteiger partial charge in [-0.3, -0.25) is 9.59 Å². The third-order valence-corrected chi connectivity index (χ3v) is 3.45. The summed E-state index contributed by atoms with van der Waals surface area (Å²) < 4.78 is 5.47. The van der Waals surface area contributed by atoms with Crippen LogP contribution >= 0.6 is 0 Å². The number of nitrogens with two attached hydrogens (primary N) is 1. The van der Waals surface area contributed by atoms with Crippen LogP contribution in [0.1, 0.15) is 54.4 Å². The minimum absolute atomic E-state index is 0.0756. The minimum atomic E-state index is -0.607. The molecule has 0 aliphatic heterocycles. The molecule has 0 aliphatic rings. The monoisotopic (exact) mass is 316 g/mol. The predicted octanol–water partition coefficient (Wildman–Crippen LogP) is 1.21. The molecule has 22 heavy (non-hydrogen) atoms. The lowest BCUT2D eigenvalue weighted by molar-refractivity contribution is -0.132. The Balaban J connectivity index is 4.37. The van der Waals surface area contributed by atoms with Gasteiger partial charge in [-0.2, -0.15) is 0 Å². The van der Waals surface area contributed by atoms with Crippen molar-refractivity contribution in [3.8, 4) is 0 Å². The van der Waals surface area contributed by atoms with E-state index < -0.39 is 11.0 Å². The lowest BCUT2D eigenvalue weighted by Gasteiger charge is -2.33. The van der Waals surface area contributed by atoms with Crippen molar-refractivity contribution in [3.05, 3.63) is 0 Å². The quantitative estimate of drug-likeness (QED) is 0.527. The molecule has 0 saturated carbocycles. The number of carbonyl (C=O) groups is 2. The van der Waals surface area contributed by atoms with Crippen LogP contribution < -0.4 is 11.1 Å². The fourth-order valence-electron chi connectivity index (χ4n) is 2.59. The number of hydrogen-bond donors (Lipinski definition) is 3. The first-order chi connectivity index (χ1) is 9.81. The molecule has 0 spiro atoms. The second kappa shape index (κ2) is 7.92. The largest absolute Gasteiger partial charge is 0.393 e. The molecule has 130 valence electrons. The summed E-state index contributed by atoms with van der Waals surface area (Å²) in [4.78, 5) is 23.4. The Bertz CT molecular complexity index is 390. The average Bonchev–Trinajstić information content (AvgIpc) is 2.31. The smallest absolute Gasteiger partial charge is 0.225 e. The Morgan fingerprint density at radius 1 is 1.14 bits per heavy atom. The zero-order chi connectivity index (χ0) is 17.6. The van der Waals surface area contributed by atoms with Crippen molar-refractivity contribution >= 4 is 11.8 Å². The zero-order valence-corrected chi connectivity index (χ0v) is 14.8. The Labute approximate surface area is 133 Å². The lowest BCUT2D eigenvalue weighted by Crippen LogP contribution is -2.42. The van der Waals surface area contributed by atoms with Crippen molar-refractivity contribution in [1.82, 2.24) is 5.32 Å². The predicted molar refractivity (Wildman–Crippen MR) is 86.1 cm³/mol. The van der Waals surface area contributed by atoms with E-state index in [1.165, 1.54) is 0 Å². The van der Waals surface area contributed by atoms with Crippen molar-refractivity contribution in [1.29, 1.82) is 0 Å². The summed E-state index contributed by atoms with van der Waals surface area (Å²) in [6.07, 6.45) is 0.801. The Kier molecular flexibility index (Phi) is 7.51. The summed E-state index contributed by atoms with van der Waals surface area (Å²) in [6.45, 7) is 11.8. The van der Waals surface area contributed by atoms with Crippen molar-refractivity contribution in [2.24, 2.45) is 16.6 Å². The van der Waals surface area contributed by atoms with Gasteiger partial charge in [0.1, 0.15) is 0 Å². The van der Waals surface area contributed by atoms with Crippen molar-refractivity contribution in [2.45, 2.75) is 60.0 Å². The number of amides is 2. The third kappa shape index (κ3) is 8.34. The van der Waals surface area contributed by atoms with Crippen LogP contribution in [0.25, 0.3) is 0 Å². The molecule has 0 aliphatic carbocycles. The molecule has 2 amide bonds. The summed E-state index contributed by atoms with van der Waals surface area (Å²) in [6, 6.07) is 0.